The van der Waals surface area contributed by atoms with Crippen molar-refractivity contribution in [1.29, 1.82) is 0 Å². The fraction of sp³-hybridized carbons (Fsp3) is 0.258. The number of hydrogen-bond donors (Lipinski definition) is 1. The van der Waals surface area contributed by atoms with E-state index in [1.165, 1.54) is 37.6 Å². The van der Waals surface area contributed by atoms with Gasteiger partial charge in [-0.05, 0) is 79.4 Å². The third-order valence-electron chi connectivity index (χ3n) is 7.14. The summed E-state index contributed by atoms with van der Waals surface area (Å²) in [7, 11) is 6.01. The molecule has 1 unspecified atom stereocenters. The molecule has 4 aromatic rings. The van der Waals surface area contributed by atoms with Gasteiger partial charge in [0.15, 0.2) is 16.6 Å². The molecule has 1 aliphatic heterocycles. The molecule has 0 aliphatic carbocycles. The number of aryl methyl sites for hydroxylation is 3. The van der Waals surface area contributed by atoms with Crippen LogP contribution in [0.1, 0.15) is 33.9 Å². The van der Waals surface area contributed by atoms with Crippen molar-refractivity contribution in [3.05, 3.63) is 75.9 Å². The van der Waals surface area contributed by atoms with Crippen LogP contribution in [0.3, 0.4) is 0 Å². The first-order valence-electron chi connectivity index (χ1n) is 12.8. The number of carbonyl (C=O) groups is 2. The molecule has 10 heteroatoms. The average molecular weight is 575 g/mol. The number of benzene rings is 3. The molecule has 0 saturated carbocycles. The van der Waals surface area contributed by atoms with Crippen LogP contribution in [-0.4, -0.2) is 50.2 Å². The number of anilines is 1. The standard InChI is InChI=1S/C31H30N2O7S/c1-15-10-17(3)25-23(11-15)41-31(32-25)33-26(19-13-21(38-5)29(40-7)22(14-19)39-6)24(28(35)30(33)36)27(34)18-8-9-20(37-4)16(2)12-18/h8-14,26,34H,1-7H3/b27-24+. The molecule has 3 aromatic carbocycles. The van der Waals surface area contributed by atoms with Crippen LogP contribution in [-0.2, 0) is 9.59 Å². The molecule has 9 nitrogen and oxygen atoms in total. The first kappa shape index (κ1) is 28.0. The Morgan fingerprint density at radius 1 is 0.854 bits per heavy atom. The molecule has 0 radical (unpaired) electrons. The van der Waals surface area contributed by atoms with Crippen LogP contribution in [0.25, 0.3) is 16.0 Å². The van der Waals surface area contributed by atoms with Crippen molar-refractivity contribution >= 4 is 44.1 Å². The van der Waals surface area contributed by atoms with Gasteiger partial charge in [-0.2, -0.15) is 0 Å². The van der Waals surface area contributed by atoms with E-state index in [4.69, 9.17) is 23.9 Å². The number of ketones is 1. The molecule has 1 N–H and O–H groups in total. The molecule has 0 bridgehead atoms. The van der Waals surface area contributed by atoms with Crippen LogP contribution in [0, 0.1) is 20.8 Å². The fourth-order valence-electron chi connectivity index (χ4n) is 5.25. The summed E-state index contributed by atoms with van der Waals surface area (Å²) in [6.45, 7) is 5.77. The number of carbonyl (C=O) groups excluding carboxylic acids is 2. The third kappa shape index (κ3) is 4.63. The van der Waals surface area contributed by atoms with Crippen molar-refractivity contribution < 1.29 is 33.6 Å². The number of Topliss-reactive ketones (excluding diaryl/α,β-unsaturated/α-hetero) is 1. The van der Waals surface area contributed by atoms with E-state index in [0.29, 0.717) is 39.3 Å². The monoisotopic (exact) mass is 574 g/mol. The average Bonchev–Trinajstić information content (AvgIpc) is 3.49. The SMILES string of the molecule is COc1ccc(/C(O)=C2\C(=O)C(=O)N(c3nc4c(C)cc(C)cc4s3)C2c2cc(OC)c(OC)c(OC)c2)cc1C. The first-order valence-corrected chi connectivity index (χ1v) is 13.6. The van der Waals surface area contributed by atoms with Crippen LogP contribution in [0.15, 0.2) is 48.0 Å². The van der Waals surface area contributed by atoms with Crippen LogP contribution in [0.4, 0.5) is 5.13 Å². The molecule has 212 valence electrons. The second-order valence-electron chi connectivity index (χ2n) is 9.74. The second-order valence-corrected chi connectivity index (χ2v) is 10.7. The van der Waals surface area contributed by atoms with Crippen molar-refractivity contribution in [2.45, 2.75) is 26.8 Å². The Balaban J connectivity index is 1.80. The summed E-state index contributed by atoms with van der Waals surface area (Å²) >= 11 is 1.31. The highest BCUT2D eigenvalue weighted by Crippen LogP contribution is 2.48. The van der Waals surface area contributed by atoms with E-state index < -0.39 is 17.7 Å². The maximum atomic E-state index is 13.8. The highest BCUT2D eigenvalue weighted by Gasteiger charge is 2.48. The number of aromatic nitrogens is 1. The van der Waals surface area contributed by atoms with Gasteiger partial charge in [-0.25, -0.2) is 4.98 Å². The number of aliphatic hydroxyl groups excluding tert-OH is 1. The molecule has 1 fully saturated rings. The normalized spacial score (nSPS) is 16.4. The van der Waals surface area contributed by atoms with E-state index in [9.17, 15) is 14.7 Å². The number of fused-ring (bicyclic) bond motifs is 1. The minimum atomic E-state index is -1.03. The predicted octanol–water partition coefficient (Wildman–Crippen LogP) is 5.88. The summed E-state index contributed by atoms with van der Waals surface area (Å²) in [4.78, 5) is 33.6. The number of hydrogen-bond acceptors (Lipinski definition) is 9. The van der Waals surface area contributed by atoms with E-state index in [0.717, 1.165) is 26.9 Å². The smallest absolute Gasteiger partial charge is 0.301 e. The van der Waals surface area contributed by atoms with Gasteiger partial charge in [-0.15, -0.1) is 0 Å². The lowest BCUT2D eigenvalue weighted by molar-refractivity contribution is -0.132. The molecule has 1 aromatic heterocycles. The predicted molar refractivity (Wildman–Crippen MR) is 158 cm³/mol. The van der Waals surface area contributed by atoms with E-state index in [-0.39, 0.29) is 11.3 Å². The van der Waals surface area contributed by atoms with Gasteiger partial charge in [0.05, 0.1) is 50.3 Å². The molecule has 1 saturated heterocycles. The Labute approximate surface area is 241 Å². The highest BCUT2D eigenvalue weighted by molar-refractivity contribution is 7.22. The van der Waals surface area contributed by atoms with Gasteiger partial charge >= 0.3 is 5.91 Å². The first-order chi connectivity index (χ1) is 19.6. The molecule has 1 aliphatic rings. The Hall–Kier alpha value is -4.57. The molecule has 0 spiro atoms. The molecular formula is C31H30N2O7S. The number of rotatable bonds is 7. The Kier molecular flexibility index (Phi) is 7.35. The number of amides is 1. The van der Waals surface area contributed by atoms with Crippen molar-refractivity contribution in [2.75, 3.05) is 33.3 Å². The largest absolute Gasteiger partial charge is 0.507 e. The van der Waals surface area contributed by atoms with Gasteiger partial charge in [-0.1, -0.05) is 17.4 Å². The maximum absolute atomic E-state index is 13.8. The summed E-state index contributed by atoms with van der Waals surface area (Å²) in [6, 6.07) is 11.4. The van der Waals surface area contributed by atoms with Crippen LogP contribution >= 0.6 is 11.3 Å². The Morgan fingerprint density at radius 2 is 1.51 bits per heavy atom. The fourth-order valence-corrected chi connectivity index (χ4v) is 6.42. The number of methoxy groups -OCH3 is 4. The number of ether oxygens (including phenoxy) is 4. The number of thiazole rings is 1. The lowest BCUT2D eigenvalue weighted by atomic mass is 9.94. The van der Waals surface area contributed by atoms with Crippen molar-refractivity contribution in [2.24, 2.45) is 0 Å². The molecule has 5 rings (SSSR count). The molecule has 1 atom stereocenters. The van der Waals surface area contributed by atoms with Crippen molar-refractivity contribution in [1.82, 2.24) is 4.98 Å². The second kappa shape index (κ2) is 10.8. The van der Waals surface area contributed by atoms with E-state index in [1.54, 1.807) is 37.4 Å². The lowest BCUT2D eigenvalue weighted by Gasteiger charge is -2.24. The number of aliphatic hydroxyl groups is 1. The summed E-state index contributed by atoms with van der Waals surface area (Å²) < 4.78 is 22.9. The van der Waals surface area contributed by atoms with Gasteiger partial charge in [0.25, 0.3) is 5.78 Å². The van der Waals surface area contributed by atoms with Gasteiger partial charge in [0.1, 0.15) is 11.5 Å². The van der Waals surface area contributed by atoms with Gasteiger partial charge in [0, 0.05) is 5.56 Å². The van der Waals surface area contributed by atoms with Crippen LogP contribution in [0.2, 0.25) is 0 Å². The summed E-state index contributed by atoms with van der Waals surface area (Å²) in [6.07, 6.45) is 0. The quantitative estimate of drug-likeness (QED) is 0.166. The zero-order valence-electron chi connectivity index (χ0n) is 23.8. The van der Waals surface area contributed by atoms with E-state index in [2.05, 4.69) is 0 Å². The maximum Gasteiger partial charge on any atom is 0.301 e. The van der Waals surface area contributed by atoms with Gasteiger partial charge in [-0.3, -0.25) is 14.5 Å². The minimum absolute atomic E-state index is 0.0824. The van der Waals surface area contributed by atoms with Crippen LogP contribution < -0.4 is 23.8 Å². The summed E-state index contributed by atoms with van der Waals surface area (Å²) in [5.41, 5.74) is 4.27. The summed E-state index contributed by atoms with van der Waals surface area (Å²) in [5, 5.41) is 11.9. The topological polar surface area (TPSA) is 107 Å². The van der Waals surface area contributed by atoms with Crippen molar-refractivity contribution in [3.8, 4) is 23.0 Å². The van der Waals surface area contributed by atoms with Crippen molar-refractivity contribution in [3.63, 3.8) is 0 Å². The number of nitrogens with zero attached hydrogens (tertiary/aromatic N) is 2. The molecular weight excluding hydrogens is 544 g/mol. The lowest BCUT2D eigenvalue weighted by Crippen LogP contribution is -2.29. The van der Waals surface area contributed by atoms with E-state index in [1.807, 2.05) is 32.9 Å². The highest BCUT2D eigenvalue weighted by atomic mass is 32.1. The molecule has 41 heavy (non-hydrogen) atoms. The Morgan fingerprint density at radius 3 is 2.10 bits per heavy atom. The minimum Gasteiger partial charge on any atom is -0.507 e. The zero-order valence-corrected chi connectivity index (χ0v) is 24.6. The van der Waals surface area contributed by atoms with Gasteiger partial charge < -0.3 is 24.1 Å². The third-order valence-corrected chi connectivity index (χ3v) is 8.14. The molecule has 1 amide bonds. The Bertz CT molecular complexity index is 1720. The van der Waals surface area contributed by atoms with Crippen LogP contribution in [0.5, 0.6) is 23.0 Å². The molecule has 2 heterocycles. The van der Waals surface area contributed by atoms with E-state index >= 15 is 0 Å². The van der Waals surface area contributed by atoms with Gasteiger partial charge in [0.2, 0.25) is 5.75 Å². The zero-order chi connectivity index (χ0) is 29.6. The summed E-state index contributed by atoms with van der Waals surface area (Å²) in [5.74, 6) is -0.294.